The molecule has 1 aliphatic carbocycles. The number of hydrogen-bond acceptors (Lipinski definition) is 2. The van der Waals surface area contributed by atoms with Gasteiger partial charge in [0.05, 0.1) is 0 Å². The van der Waals surface area contributed by atoms with Gasteiger partial charge in [0.15, 0.2) is 0 Å². The van der Waals surface area contributed by atoms with Gasteiger partial charge in [0.2, 0.25) is 0 Å². The lowest BCUT2D eigenvalue weighted by Gasteiger charge is -2.33. The Morgan fingerprint density at radius 2 is 1.91 bits per heavy atom. The highest BCUT2D eigenvalue weighted by atomic mass is 16.3. The van der Waals surface area contributed by atoms with Crippen LogP contribution in [-0.4, -0.2) is 22.8 Å². The second kappa shape index (κ2) is 2.00. The highest BCUT2D eigenvalue weighted by Gasteiger charge is 2.48. The molecule has 2 rings (SSSR count). The molecule has 0 bridgehead atoms. The lowest BCUT2D eigenvalue weighted by Crippen LogP contribution is -2.50. The third-order valence-electron chi connectivity index (χ3n) is 2.90. The summed E-state index contributed by atoms with van der Waals surface area (Å²) in [5.74, 6) is 2.44. The first-order valence-electron chi connectivity index (χ1n) is 4.13. The molecular weight excluding hydrogens is 138 g/mol. The normalized spacial score (nSPS) is 40.0. The first-order chi connectivity index (χ1) is 5.18. The van der Waals surface area contributed by atoms with Gasteiger partial charge in [-0.2, -0.15) is 0 Å². The Balaban J connectivity index is 2.00. The van der Waals surface area contributed by atoms with Crippen LogP contribution in [0.5, 0.6) is 0 Å². The quantitative estimate of drug-likeness (QED) is 0.487. The molecule has 2 fully saturated rings. The Hall–Kier alpha value is -0.520. The van der Waals surface area contributed by atoms with Crippen LogP contribution in [0.2, 0.25) is 0 Å². The van der Waals surface area contributed by atoms with Crippen LogP contribution in [0.4, 0.5) is 0 Å². The fraction of sp³-hybridized carbons (Fsp3) is 0.778. The molecule has 11 heavy (non-hydrogen) atoms. The van der Waals surface area contributed by atoms with Gasteiger partial charge >= 0.3 is 0 Å². The molecule has 2 N–H and O–H groups in total. The minimum Gasteiger partial charge on any atom is -0.376 e. The van der Waals surface area contributed by atoms with Gasteiger partial charge in [-0.15, -0.1) is 6.42 Å². The van der Waals surface area contributed by atoms with Gasteiger partial charge in [-0.1, -0.05) is 5.92 Å². The molecule has 60 valence electrons. The molecule has 2 aliphatic rings. The van der Waals surface area contributed by atoms with Crippen LogP contribution < -0.4 is 5.32 Å². The average Bonchev–Trinajstić information content (AvgIpc) is 2.78. The van der Waals surface area contributed by atoms with Crippen LogP contribution in [0, 0.1) is 12.3 Å². The van der Waals surface area contributed by atoms with Crippen molar-refractivity contribution in [3.05, 3.63) is 0 Å². The minimum atomic E-state index is -0.867. The third-order valence-corrected chi connectivity index (χ3v) is 2.90. The van der Waals surface area contributed by atoms with E-state index < -0.39 is 5.60 Å². The van der Waals surface area contributed by atoms with E-state index in [4.69, 9.17) is 6.42 Å². The predicted molar refractivity (Wildman–Crippen MR) is 43.0 cm³/mol. The molecule has 2 nitrogen and oxygen atoms in total. The second-order valence-electron chi connectivity index (χ2n) is 3.81. The molecule has 0 radical (unpaired) electrons. The summed E-state index contributed by atoms with van der Waals surface area (Å²) in [7, 11) is 0. The summed E-state index contributed by atoms with van der Waals surface area (Å²) in [5.41, 5.74) is -0.489. The summed E-state index contributed by atoms with van der Waals surface area (Å²) < 4.78 is 0. The van der Waals surface area contributed by atoms with Crippen molar-refractivity contribution < 1.29 is 5.11 Å². The van der Waals surface area contributed by atoms with Crippen molar-refractivity contribution in [3.63, 3.8) is 0 Å². The van der Waals surface area contributed by atoms with Crippen molar-refractivity contribution in [1.82, 2.24) is 5.32 Å². The number of nitrogens with one attached hydrogen (secondary N) is 1. The zero-order valence-electron chi connectivity index (χ0n) is 6.56. The lowest BCUT2D eigenvalue weighted by atomic mass is 9.90. The van der Waals surface area contributed by atoms with Gasteiger partial charge in [0.1, 0.15) is 5.60 Å². The molecule has 1 saturated carbocycles. The van der Waals surface area contributed by atoms with Crippen LogP contribution in [-0.2, 0) is 0 Å². The fourth-order valence-corrected chi connectivity index (χ4v) is 1.66. The Kier molecular flexibility index (Phi) is 1.30. The molecule has 1 unspecified atom stereocenters. The Morgan fingerprint density at radius 1 is 1.27 bits per heavy atom. The van der Waals surface area contributed by atoms with E-state index in [1.54, 1.807) is 0 Å². The number of rotatable bonds is 0. The van der Waals surface area contributed by atoms with E-state index >= 15 is 0 Å². The van der Waals surface area contributed by atoms with Gasteiger partial charge in [-0.3, -0.25) is 0 Å². The van der Waals surface area contributed by atoms with E-state index in [9.17, 15) is 5.11 Å². The van der Waals surface area contributed by atoms with Crippen molar-refractivity contribution in [2.75, 3.05) is 6.54 Å². The maximum absolute atomic E-state index is 9.64. The second-order valence-corrected chi connectivity index (χ2v) is 3.81. The van der Waals surface area contributed by atoms with Crippen molar-refractivity contribution in [3.8, 4) is 12.3 Å². The number of β-amino-alcohol motifs (C(OH)–C–C–N with tert-alkyl or cyclic N) is 1. The van der Waals surface area contributed by atoms with Gasteiger partial charge in [0.25, 0.3) is 0 Å². The number of piperidine rings is 1. The predicted octanol–water partition coefficient (Wildman–Crippen LogP) is 0.267. The zero-order valence-corrected chi connectivity index (χ0v) is 6.56. The summed E-state index contributed by atoms with van der Waals surface area (Å²) in [6.07, 6.45) is 9.52. The number of hydrogen-bond donors (Lipinski definition) is 2. The van der Waals surface area contributed by atoms with Crippen LogP contribution in [0.25, 0.3) is 0 Å². The standard InChI is InChI=1S/C9H13NO/c1-2-9(11)6-5-8(3-4-8)10-7-9/h1,10-11H,3-7H2. The summed E-state index contributed by atoms with van der Waals surface area (Å²) in [4.78, 5) is 0. The Morgan fingerprint density at radius 3 is 2.27 bits per heavy atom. The van der Waals surface area contributed by atoms with Gasteiger partial charge in [0, 0.05) is 12.1 Å². The number of terminal acetylenes is 1. The minimum absolute atomic E-state index is 0.378. The molecule has 1 aliphatic heterocycles. The van der Waals surface area contributed by atoms with Crippen LogP contribution in [0.3, 0.4) is 0 Å². The first-order valence-corrected chi connectivity index (χ1v) is 4.13. The Labute approximate surface area is 67.0 Å². The van der Waals surface area contributed by atoms with Gasteiger partial charge in [-0.25, -0.2) is 0 Å². The molecule has 2 heteroatoms. The largest absolute Gasteiger partial charge is 0.376 e. The van der Waals surface area contributed by atoms with E-state index in [2.05, 4.69) is 11.2 Å². The maximum atomic E-state index is 9.64. The first kappa shape index (κ1) is 7.15. The van der Waals surface area contributed by atoms with Crippen LogP contribution >= 0.6 is 0 Å². The molecular formula is C9H13NO. The molecule has 1 saturated heterocycles. The van der Waals surface area contributed by atoms with Crippen molar-refractivity contribution in [1.29, 1.82) is 0 Å². The third kappa shape index (κ3) is 1.15. The van der Waals surface area contributed by atoms with E-state index in [0.717, 1.165) is 12.8 Å². The molecule has 0 aromatic heterocycles. The summed E-state index contributed by atoms with van der Waals surface area (Å²) >= 11 is 0. The highest BCUT2D eigenvalue weighted by Crippen LogP contribution is 2.43. The summed E-state index contributed by atoms with van der Waals surface area (Å²) in [6.45, 7) is 0.573. The maximum Gasteiger partial charge on any atom is 0.137 e. The SMILES string of the molecule is C#CC1(O)CCC2(CC2)NC1. The van der Waals surface area contributed by atoms with Crippen molar-refractivity contribution in [2.45, 2.75) is 36.8 Å². The molecule has 0 amide bonds. The average molecular weight is 151 g/mol. The van der Waals surface area contributed by atoms with Crippen molar-refractivity contribution >= 4 is 0 Å². The zero-order chi connectivity index (χ0) is 7.95. The van der Waals surface area contributed by atoms with E-state index in [1.807, 2.05) is 0 Å². The molecule has 0 aromatic carbocycles. The Bertz CT molecular complexity index is 202. The van der Waals surface area contributed by atoms with E-state index in [1.165, 1.54) is 12.8 Å². The highest BCUT2D eigenvalue weighted by molar-refractivity contribution is 5.16. The topological polar surface area (TPSA) is 32.3 Å². The van der Waals surface area contributed by atoms with Gasteiger partial charge < -0.3 is 10.4 Å². The molecule has 1 atom stereocenters. The van der Waals surface area contributed by atoms with E-state index in [0.29, 0.717) is 12.1 Å². The number of aliphatic hydroxyl groups is 1. The monoisotopic (exact) mass is 151 g/mol. The lowest BCUT2D eigenvalue weighted by molar-refractivity contribution is 0.0571. The molecule has 1 heterocycles. The smallest absolute Gasteiger partial charge is 0.137 e. The summed E-state index contributed by atoms with van der Waals surface area (Å²) in [5, 5.41) is 13.0. The molecule has 0 aromatic rings. The summed E-state index contributed by atoms with van der Waals surface area (Å²) in [6, 6.07) is 0. The van der Waals surface area contributed by atoms with Gasteiger partial charge in [-0.05, 0) is 25.7 Å². The molecule has 1 spiro atoms. The van der Waals surface area contributed by atoms with Crippen LogP contribution in [0.15, 0.2) is 0 Å². The van der Waals surface area contributed by atoms with E-state index in [-0.39, 0.29) is 0 Å². The van der Waals surface area contributed by atoms with Crippen LogP contribution in [0.1, 0.15) is 25.7 Å². The fourth-order valence-electron chi connectivity index (χ4n) is 1.66. The van der Waals surface area contributed by atoms with Crippen molar-refractivity contribution in [2.24, 2.45) is 0 Å².